The van der Waals surface area contributed by atoms with Crippen LogP contribution in [0, 0.1) is 13.8 Å². The highest BCUT2D eigenvalue weighted by Gasteiger charge is 2.17. The lowest BCUT2D eigenvalue weighted by atomic mass is 10.1. The minimum absolute atomic E-state index is 0.0246. The van der Waals surface area contributed by atoms with Gasteiger partial charge in [0.2, 0.25) is 0 Å². The standard InChI is InChI=1S/C21H24N2O2/c1-4-5-11-18-15(2)22-23(16(18)3)21(24)14-25-20-13-8-10-17-9-6-7-12-19(17)20/h6-10,12-13H,4-5,11,14H2,1-3H3. The van der Waals surface area contributed by atoms with E-state index in [4.69, 9.17) is 4.74 Å². The first-order chi connectivity index (χ1) is 12.1. The zero-order chi connectivity index (χ0) is 17.8. The summed E-state index contributed by atoms with van der Waals surface area (Å²) in [6.45, 7) is 6.07. The number of hydrogen-bond donors (Lipinski definition) is 0. The van der Waals surface area contributed by atoms with E-state index in [1.165, 1.54) is 10.2 Å². The van der Waals surface area contributed by atoms with Crippen LogP contribution >= 0.6 is 0 Å². The quantitative estimate of drug-likeness (QED) is 0.654. The van der Waals surface area contributed by atoms with Crippen molar-refractivity contribution in [1.29, 1.82) is 0 Å². The third-order valence-corrected chi connectivity index (χ3v) is 4.56. The molecule has 0 aliphatic carbocycles. The summed E-state index contributed by atoms with van der Waals surface area (Å²) < 4.78 is 7.30. The van der Waals surface area contributed by atoms with Crippen LogP contribution in [-0.4, -0.2) is 22.3 Å². The molecular formula is C21H24N2O2. The van der Waals surface area contributed by atoms with E-state index in [-0.39, 0.29) is 12.5 Å². The predicted molar refractivity (Wildman–Crippen MR) is 100 cm³/mol. The molecule has 0 spiro atoms. The molecule has 2 aromatic carbocycles. The van der Waals surface area contributed by atoms with E-state index in [2.05, 4.69) is 12.0 Å². The number of aromatic nitrogens is 2. The molecule has 25 heavy (non-hydrogen) atoms. The zero-order valence-electron chi connectivity index (χ0n) is 15.1. The van der Waals surface area contributed by atoms with Gasteiger partial charge >= 0.3 is 0 Å². The van der Waals surface area contributed by atoms with Crippen molar-refractivity contribution < 1.29 is 9.53 Å². The number of nitrogens with zero attached hydrogens (tertiary/aromatic N) is 2. The highest BCUT2D eigenvalue weighted by atomic mass is 16.5. The maximum atomic E-state index is 12.6. The van der Waals surface area contributed by atoms with Gasteiger partial charge in [-0.25, -0.2) is 4.68 Å². The third-order valence-electron chi connectivity index (χ3n) is 4.56. The number of carbonyl (C=O) groups is 1. The van der Waals surface area contributed by atoms with E-state index in [9.17, 15) is 4.79 Å². The van der Waals surface area contributed by atoms with Crippen LogP contribution in [0.5, 0.6) is 5.75 Å². The Morgan fingerprint density at radius 3 is 2.68 bits per heavy atom. The summed E-state index contributed by atoms with van der Waals surface area (Å²) in [5, 5.41) is 6.53. The molecule has 0 radical (unpaired) electrons. The van der Waals surface area contributed by atoms with Crippen LogP contribution in [0.2, 0.25) is 0 Å². The second-order valence-corrected chi connectivity index (χ2v) is 6.32. The van der Waals surface area contributed by atoms with Gasteiger partial charge in [0.05, 0.1) is 5.69 Å². The molecule has 0 fully saturated rings. The Hall–Kier alpha value is -2.62. The van der Waals surface area contributed by atoms with Crippen LogP contribution in [0.3, 0.4) is 0 Å². The summed E-state index contributed by atoms with van der Waals surface area (Å²) in [7, 11) is 0. The second-order valence-electron chi connectivity index (χ2n) is 6.32. The van der Waals surface area contributed by atoms with Crippen molar-refractivity contribution in [3.05, 3.63) is 59.4 Å². The fraction of sp³-hybridized carbons (Fsp3) is 0.333. The first-order valence-electron chi connectivity index (χ1n) is 8.80. The first kappa shape index (κ1) is 17.2. The highest BCUT2D eigenvalue weighted by molar-refractivity contribution is 5.88. The predicted octanol–water partition coefficient (Wildman–Crippen LogP) is 4.71. The Morgan fingerprint density at radius 2 is 1.88 bits per heavy atom. The lowest BCUT2D eigenvalue weighted by molar-refractivity contribution is 0.0819. The van der Waals surface area contributed by atoms with Gasteiger partial charge in [-0.1, -0.05) is 49.7 Å². The normalized spacial score (nSPS) is 11.0. The summed E-state index contributed by atoms with van der Waals surface area (Å²) in [6, 6.07) is 13.9. The second kappa shape index (κ2) is 7.51. The van der Waals surface area contributed by atoms with Gasteiger partial charge in [-0.15, -0.1) is 0 Å². The Morgan fingerprint density at radius 1 is 1.12 bits per heavy atom. The summed E-state index contributed by atoms with van der Waals surface area (Å²) in [5.41, 5.74) is 3.04. The molecule has 0 aliphatic rings. The number of rotatable bonds is 6. The smallest absolute Gasteiger partial charge is 0.284 e. The van der Waals surface area contributed by atoms with Gasteiger partial charge in [-0.3, -0.25) is 4.79 Å². The van der Waals surface area contributed by atoms with Crippen LogP contribution in [0.15, 0.2) is 42.5 Å². The van der Waals surface area contributed by atoms with E-state index in [0.717, 1.165) is 47.2 Å². The van der Waals surface area contributed by atoms with Gasteiger partial charge in [0.1, 0.15) is 5.75 Å². The van der Waals surface area contributed by atoms with E-state index in [1.54, 1.807) is 0 Å². The van der Waals surface area contributed by atoms with Crippen LogP contribution in [0.25, 0.3) is 10.8 Å². The molecule has 0 amide bonds. The van der Waals surface area contributed by atoms with Crippen molar-refractivity contribution in [2.75, 3.05) is 6.61 Å². The topological polar surface area (TPSA) is 44.1 Å². The van der Waals surface area contributed by atoms with Crippen molar-refractivity contribution in [3.63, 3.8) is 0 Å². The van der Waals surface area contributed by atoms with Crippen molar-refractivity contribution in [2.45, 2.75) is 40.0 Å². The van der Waals surface area contributed by atoms with Gasteiger partial charge in [-0.05, 0) is 43.7 Å². The molecule has 1 aromatic heterocycles. The highest BCUT2D eigenvalue weighted by Crippen LogP contribution is 2.25. The number of benzene rings is 2. The van der Waals surface area contributed by atoms with Gasteiger partial charge < -0.3 is 4.74 Å². The van der Waals surface area contributed by atoms with E-state index < -0.39 is 0 Å². The van der Waals surface area contributed by atoms with Crippen molar-refractivity contribution in [2.24, 2.45) is 0 Å². The van der Waals surface area contributed by atoms with E-state index in [0.29, 0.717) is 0 Å². The van der Waals surface area contributed by atoms with Gasteiger partial charge in [0, 0.05) is 11.1 Å². The zero-order valence-corrected chi connectivity index (χ0v) is 15.1. The van der Waals surface area contributed by atoms with Crippen molar-refractivity contribution >= 4 is 16.7 Å². The Balaban J connectivity index is 1.76. The number of hydrogen-bond acceptors (Lipinski definition) is 3. The number of fused-ring (bicyclic) bond motifs is 1. The Bertz CT molecular complexity index is 891. The molecule has 130 valence electrons. The Kier molecular flexibility index (Phi) is 5.17. The van der Waals surface area contributed by atoms with E-state index in [1.807, 2.05) is 56.3 Å². The molecule has 0 atom stereocenters. The van der Waals surface area contributed by atoms with Crippen LogP contribution < -0.4 is 4.74 Å². The Labute approximate surface area is 148 Å². The molecule has 3 aromatic rings. The number of unbranched alkanes of at least 4 members (excludes halogenated alkanes) is 1. The SMILES string of the molecule is CCCCc1c(C)nn(C(=O)COc2cccc3ccccc23)c1C. The first-order valence-corrected chi connectivity index (χ1v) is 8.80. The number of ether oxygens (including phenoxy) is 1. The molecule has 1 heterocycles. The van der Waals surface area contributed by atoms with Crippen molar-refractivity contribution in [1.82, 2.24) is 9.78 Å². The maximum Gasteiger partial charge on any atom is 0.284 e. The minimum Gasteiger partial charge on any atom is -0.483 e. The van der Waals surface area contributed by atoms with Crippen molar-refractivity contribution in [3.8, 4) is 5.75 Å². The number of carbonyl (C=O) groups excluding carboxylic acids is 1. The van der Waals surface area contributed by atoms with Crippen LogP contribution in [0.4, 0.5) is 0 Å². The molecule has 0 N–H and O–H groups in total. The third kappa shape index (κ3) is 3.58. The van der Waals surface area contributed by atoms with E-state index >= 15 is 0 Å². The molecule has 4 heteroatoms. The average Bonchev–Trinajstić information content (AvgIpc) is 2.92. The molecule has 0 saturated carbocycles. The summed E-state index contributed by atoms with van der Waals surface area (Å²) in [4.78, 5) is 12.6. The summed E-state index contributed by atoms with van der Waals surface area (Å²) in [6.07, 6.45) is 3.20. The molecule has 0 unspecified atom stereocenters. The molecular weight excluding hydrogens is 312 g/mol. The molecule has 0 saturated heterocycles. The van der Waals surface area contributed by atoms with Gasteiger partial charge in [-0.2, -0.15) is 5.10 Å². The number of aryl methyl sites for hydroxylation is 1. The van der Waals surface area contributed by atoms with Gasteiger partial charge in [0.25, 0.3) is 5.91 Å². The molecule has 4 nitrogen and oxygen atoms in total. The van der Waals surface area contributed by atoms with Crippen LogP contribution in [-0.2, 0) is 6.42 Å². The molecule has 0 bridgehead atoms. The largest absolute Gasteiger partial charge is 0.483 e. The van der Waals surface area contributed by atoms with Crippen LogP contribution in [0.1, 0.15) is 41.5 Å². The maximum absolute atomic E-state index is 12.6. The lowest BCUT2D eigenvalue weighted by Crippen LogP contribution is -2.21. The minimum atomic E-state index is -0.142. The average molecular weight is 336 g/mol. The summed E-state index contributed by atoms with van der Waals surface area (Å²) in [5.74, 6) is 0.579. The van der Waals surface area contributed by atoms with Gasteiger partial charge in [0.15, 0.2) is 6.61 Å². The fourth-order valence-corrected chi connectivity index (χ4v) is 3.16. The monoisotopic (exact) mass is 336 g/mol. The summed E-state index contributed by atoms with van der Waals surface area (Å²) >= 11 is 0. The molecule has 0 aliphatic heterocycles. The fourth-order valence-electron chi connectivity index (χ4n) is 3.16. The lowest BCUT2D eigenvalue weighted by Gasteiger charge is -2.09. The molecule has 3 rings (SSSR count).